The molecule has 1 heterocycles. The lowest BCUT2D eigenvalue weighted by molar-refractivity contribution is -0.0280. The number of nitrogens with zero attached hydrogens (tertiary/aromatic N) is 1. The van der Waals surface area contributed by atoms with Gasteiger partial charge < -0.3 is 4.90 Å². The van der Waals surface area contributed by atoms with Crippen LogP contribution < -0.4 is 0 Å². The van der Waals surface area contributed by atoms with E-state index < -0.39 is 5.92 Å². The predicted octanol–water partition coefficient (Wildman–Crippen LogP) is 4.40. The summed E-state index contributed by atoms with van der Waals surface area (Å²) in [6, 6.07) is 3.93. The second-order valence-corrected chi connectivity index (χ2v) is 7.48. The number of hydrogen-bond acceptors (Lipinski definition) is 1. The van der Waals surface area contributed by atoms with Crippen molar-refractivity contribution in [3.05, 3.63) is 34.4 Å². The second-order valence-electron chi connectivity index (χ2n) is 7.48. The van der Waals surface area contributed by atoms with E-state index in [9.17, 15) is 8.78 Å². The van der Waals surface area contributed by atoms with Gasteiger partial charge in [-0.2, -0.15) is 0 Å². The van der Waals surface area contributed by atoms with Gasteiger partial charge in [-0.1, -0.05) is 26.8 Å². The summed E-state index contributed by atoms with van der Waals surface area (Å²) >= 11 is 0. The molecule has 1 aliphatic carbocycles. The first-order valence-electron chi connectivity index (χ1n) is 7.42. The van der Waals surface area contributed by atoms with E-state index in [1.54, 1.807) is 6.07 Å². The molecule has 0 fully saturated rings. The third kappa shape index (κ3) is 2.16. The normalized spacial score (nSPS) is 25.4. The highest BCUT2D eigenvalue weighted by Crippen LogP contribution is 2.49. The van der Waals surface area contributed by atoms with Gasteiger partial charge >= 0.3 is 0 Å². The van der Waals surface area contributed by atoms with E-state index in [1.165, 1.54) is 0 Å². The molecule has 3 rings (SSSR count). The Balaban J connectivity index is 2.23. The first-order chi connectivity index (χ1) is 9.18. The molecule has 20 heavy (non-hydrogen) atoms. The van der Waals surface area contributed by atoms with Crippen molar-refractivity contribution in [2.45, 2.75) is 57.4 Å². The SMILES string of the molecule is CN1Cc2cc(C(C)(C)C)cc3c2C(CCC3(F)F)C1. The van der Waals surface area contributed by atoms with Gasteiger partial charge in [0.05, 0.1) is 0 Å². The van der Waals surface area contributed by atoms with Crippen LogP contribution in [0.3, 0.4) is 0 Å². The van der Waals surface area contributed by atoms with Gasteiger partial charge in [0.1, 0.15) is 0 Å². The molecule has 0 N–H and O–H groups in total. The van der Waals surface area contributed by atoms with E-state index in [4.69, 9.17) is 0 Å². The van der Waals surface area contributed by atoms with Crippen LogP contribution in [0.15, 0.2) is 12.1 Å². The van der Waals surface area contributed by atoms with Crippen molar-refractivity contribution in [1.82, 2.24) is 4.90 Å². The molecule has 0 saturated heterocycles. The van der Waals surface area contributed by atoms with Crippen molar-refractivity contribution in [3.8, 4) is 0 Å². The lowest BCUT2D eigenvalue weighted by Gasteiger charge is -2.40. The highest BCUT2D eigenvalue weighted by atomic mass is 19.3. The van der Waals surface area contributed by atoms with Crippen LogP contribution in [0.2, 0.25) is 0 Å². The van der Waals surface area contributed by atoms with Gasteiger partial charge in [0.25, 0.3) is 5.92 Å². The Morgan fingerprint density at radius 1 is 1.25 bits per heavy atom. The summed E-state index contributed by atoms with van der Waals surface area (Å²) in [7, 11) is 2.08. The number of hydrogen-bond donors (Lipinski definition) is 0. The molecule has 0 bridgehead atoms. The fourth-order valence-electron chi connectivity index (χ4n) is 3.61. The van der Waals surface area contributed by atoms with Crippen molar-refractivity contribution in [1.29, 1.82) is 0 Å². The Kier molecular flexibility index (Phi) is 2.99. The van der Waals surface area contributed by atoms with Crippen LogP contribution >= 0.6 is 0 Å². The Bertz CT molecular complexity index is 543. The molecule has 0 saturated carbocycles. The Morgan fingerprint density at radius 2 is 1.95 bits per heavy atom. The molecule has 3 heteroatoms. The first-order valence-corrected chi connectivity index (χ1v) is 7.42. The van der Waals surface area contributed by atoms with Crippen molar-refractivity contribution in [3.63, 3.8) is 0 Å². The molecular formula is C17H23F2N. The maximum absolute atomic E-state index is 14.4. The highest BCUT2D eigenvalue weighted by molar-refractivity contribution is 5.48. The summed E-state index contributed by atoms with van der Waals surface area (Å²) in [5.74, 6) is -2.37. The average Bonchev–Trinajstić information content (AvgIpc) is 2.32. The maximum atomic E-state index is 14.4. The summed E-state index contributed by atoms with van der Waals surface area (Å²) in [4.78, 5) is 2.26. The van der Waals surface area contributed by atoms with Crippen molar-refractivity contribution in [2.24, 2.45) is 0 Å². The van der Waals surface area contributed by atoms with E-state index >= 15 is 0 Å². The minimum absolute atomic E-state index is 0.00839. The molecule has 2 aliphatic rings. The third-order valence-electron chi connectivity index (χ3n) is 4.71. The molecule has 110 valence electrons. The first kappa shape index (κ1) is 14.0. The van der Waals surface area contributed by atoms with Crippen molar-refractivity contribution in [2.75, 3.05) is 13.6 Å². The third-order valence-corrected chi connectivity index (χ3v) is 4.71. The summed E-state index contributed by atoms with van der Waals surface area (Å²) in [5.41, 5.74) is 3.31. The molecule has 0 amide bonds. The number of halogens is 2. The summed E-state index contributed by atoms with van der Waals surface area (Å²) < 4.78 is 28.7. The second kappa shape index (κ2) is 4.27. The lowest BCUT2D eigenvalue weighted by Crippen LogP contribution is -2.37. The van der Waals surface area contributed by atoms with Crippen LogP contribution in [0, 0.1) is 0 Å². The zero-order chi connectivity index (χ0) is 14.7. The van der Waals surface area contributed by atoms with E-state index in [0.717, 1.165) is 29.8 Å². The molecule has 1 nitrogen and oxygen atoms in total. The fourth-order valence-corrected chi connectivity index (χ4v) is 3.61. The molecule has 1 aromatic carbocycles. The molecule has 1 aliphatic heterocycles. The molecule has 0 spiro atoms. The molecule has 1 atom stereocenters. The number of alkyl halides is 2. The van der Waals surface area contributed by atoms with Gasteiger partial charge in [-0.3, -0.25) is 0 Å². The maximum Gasteiger partial charge on any atom is 0.273 e. The average molecular weight is 279 g/mol. The smallest absolute Gasteiger partial charge is 0.273 e. The largest absolute Gasteiger partial charge is 0.301 e. The summed E-state index contributed by atoms with van der Waals surface area (Å²) in [6.07, 6.45) is 0.595. The zero-order valence-corrected chi connectivity index (χ0v) is 12.8. The monoisotopic (exact) mass is 279 g/mol. The van der Waals surface area contributed by atoms with E-state index in [2.05, 4.69) is 38.8 Å². The van der Waals surface area contributed by atoms with Crippen LogP contribution in [0.25, 0.3) is 0 Å². The Labute approximate surface area is 120 Å². The minimum atomic E-state index is -2.66. The van der Waals surface area contributed by atoms with Crippen molar-refractivity contribution < 1.29 is 8.78 Å². The highest BCUT2D eigenvalue weighted by Gasteiger charge is 2.43. The molecule has 0 radical (unpaired) electrons. The number of rotatable bonds is 0. The van der Waals surface area contributed by atoms with Crippen LogP contribution in [0.1, 0.15) is 61.8 Å². The van der Waals surface area contributed by atoms with Gasteiger partial charge in [-0.15, -0.1) is 0 Å². The standard InChI is InChI=1S/C17H23F2N/c1-16(2,3)13-7-12-10-20(4)9-11-5-6-17(18,19)14(8-13)15(11)12/h7-8,11H,5-6,9-10H2,1-4H3. The van der Waals surface area contributed by atoms with E-state index in [-0.39, 0.29) is 17.8 Å². The predicted molar refractivity (Wildman–Crippen MR) is 77.3 cm³/mol. The molecule has 1 unspecified atom stereocenters. The summed E-state index contributed by atoms with van der Waals surface area (Å²) in [5, 5.41) is 0. The topological polar surface area (TPSA) is 3.24 Å². The Morgan fingerprint density at radius 3 is 2.60 bits per heavy atom. The van der Waals surface area contributed by atoms with Crippen LogP contribution in [-0.2, 0) is 17.9 Å². The molecular weight excluding hydrogens is 256 g/mol. The van der Waals surface area contributed by atoms with Gasteiger partial charge in [-0.05, 0) is 47.6 Å². The van der Waals surface area contributed by atoms with Gasteiger partial charge in [0.2, 0.25) is 0 Å². The van der Waals surface area contributed by atoms with E-state index in [1.807, 2.05) is 0 Å². The number of benzene rings is 1. The quantitative estimate of drug-likeness (QED) is 0.680. The number of likely N-dealkylation sites (N-methyl/N-ethyl adjacent to an activating group) is 1. The zero-order valence-electron chi connectivity index (χ0n) is 12.8. The van der Waals surface area contributed by atoms with Crippen LogP contribution in [0.5, 0.6) is 0 Å². The van der Waals surface area contributed by atoms with Gasteiger partial charge in [0.15, 0.2) is 0 Å². The molecule has 0 aromatic heterocycles. The van der Waals surface area contributed by atoms with Gasteiger partial charge in [0, 0.05) is 25.1 Å². The summed E-state index contributed by atoms with van der Waals surface area (Å²) in [6.45, 7) is 7.97. The van der Waals surface area contributed by atoms with Crippen LogP contribution in [0.4, 0.5) is 8.78 Å². The molecule has 1 aromatic rings. The van der Waals surface area contributed by atoms with Crippen LogP contribution in [-0.4, -0.2) is 18.5 Å². The Hall–Kier alpha value is -0.960. The lowest BCUT2D eigenvalue weighted by atomic mass is 9.73. The fraction of sp³-hybridized carbons (Fsp3) is 0.647. The van der Waals surface area contributed by atoms with Gasteiger partial charge in [-0.25, -0.2) is 8.78 Å². The van der Waals surface area contributed by atoms with Crippen molar-refractivity contribution >= 4 is 0 Å². The van der Waals surface area contributed by atoms with E-state index in [0.29, 0.717) is 12.0 Å². The minimum Gasteiger partial charge on any atom is -0.301 e.